The van der Waals surface area contributed by atoms with Gasteiger partial charge in [-0.05, 0) is 38.6 Å². The fourth-order valence-corrected chi connectivity index (χ4v) is 3.41. The summed E-state index contributed by atoms with van der Waals surface area (Å²) in [7, 11) is 1.80. The van der Waals surface area contributed by atoms with Gasteiger partial charge in [-0.15, -0.1) is 0 Å². The van der Waals surface area contributed by atoms with Gasteiger partial charge in [-0.25, -0.2) is 0 Å². The van der Waals surface area contributed by atoms with E-state index >= 15 is 0 Å². The molecule has 1 aliphatic rings. The van der Waals surface area contributed by atoms with E-state index in [1.807, 2.05) is 0 Å². The van der Waals surface area contributed by atoms with Crippen LogP contribution < -0.4 is 5.73 Å². The third-order valence-electron chi connectivity index (χ3n) is 4.49. The summed E-state index contributed by atoms with van der Waals surface area (Å²) in [6, 6.07) is 0. The molecule has 108 valence electrons. The molecule has 1 aliphatic carbocycles. The maximum atomic E-state index is 6.17. The van der Waals surface area contributed by atoms with Gasteiger partial charge in [0.15, 0.2) is 0 Å². The lowest BCUT2D eigenvalue weighted by Crippen LogP contribution is -2.58. The van der Waals surface area contributed by atoms with Gasteiger partial charge in [0.2, 0.25) is 0 Å². The highest BCUT2D eigenvalue weighted by molar-refractivity contribution is 4.96. The Balaban J connectivity index is 2.77. The molecular weight excluding hydrogens is 224 g/mol. The summed E-state index contributed by atoms with van der Waals surface area (Å²) in [6.45, 7) is 9.70. The topological polar surface area (TPSA) is 38.5 Å². The van der Waals surface area contributed by atoms with E-state index in [0.717, 1.165) is 25.6 Å². The molecule has 0 spiro atoms. The molecule has 1 fully saturated rings. The van der Waals surface area contributed by atoms with Gasteiger partial charge < -0.3 is 10.5 Å². The third kappa shape index (κ3) is 3.94. The van der Waals surface area contributed by atoms with E-state index < -0.39 is 0 Å². The predicted octanol–water partition coefficient (Wildman–Crippen LogP) is 2.64. The van der Waals surface area contributed by atoms with Gasteiger partial charge in [-0.1, -0.05) is 26.7 Å². The zero-order valence-electron chi connectivity index (χ0n) is 12.7. The van der Waals surface area contributed by atoms with Gasteiger partial charge in [-0.3, -0.25) is 4.90 Å². The normalized spacial score (nSPS) is 30.7. The molecule has 0 radical (unpaired) electrons. The van der Waals surface area contributed by atoms with Crippen LogP contribution in [0.5, 0.6) is 0 Å². The minimum Gasteiger partial charge on any atom is -0.380 e. The summed E-state index contributed by atoms with van der Waals surface area (Å²) in [5.41, 5.74) is 6.39. The van der Waals surface area contributed by atoms with E-state index in [1.165, 1.54) is 32.1 Å². The Bertz CT molecular complexity index is 235. The van der Waals surface area contributed by atoms with Crippen molar-refractivity contribution in [1.29, 1.82) is 0 Å². The molecule has 0 amide bonds. The Morgan fingerprint density at radius 1 is 1.50 bits per heavy atom. The first-order valence-corrected chi connectivity index (χ1v) is 7.56. The van der Waals surface area contributed by atoms with Gasteiger partial charge in [0.25, 0.3) is 0 Å². The van der Waals surface area contributed by atoms with E-state index in [9.17, 15) is 0 Å². The van der Waals surface area contributed by atoms with Crippen LogP contribution >= 0.6 is 0 Å². The molecule has 1 saturated carbocycles. The monoisotopic (exact) mass is 256 g/mol. The molecule has 0 aromatic carbocycles. The minimum absolute atomic E-state index is 0.223. The molecule has 3 heteroatoms. The zero-order chi connectivity index (χ0) is 13.6. The number of hydrogen-bond acceptors (Lipinski definition) is 3. The van der Waals surface area contributed by atoms with Crippen LogP contribution in [0.2, 0.25) is 0 Å². The van der Waals surface area contributed by atoms with E-state index in [1.54, 1.807) is 7.11 Å². The van der Waals surface area contributed by atoms with E-state index in [-0.39, 0.29) is 11.6 Å². The average molecular weight is 256 g/mol. The maximum absolute atomic E-state index is 6.17. The van der Waals surface area contributed by atoms with Crippen molar-refractivity contribution >= 4 is 0 Å². The average Bonchev–Trinajstić information content (AvgIpc) is 2.37. The SMILES string of the molecule is CCCN(CC(C)OC)C1(CN)CCCC(C)C1. The molecule has 0 bridgehead atoms. The van der Waals surface area contributed by atoms with E-state index in [4.69, 9.17) is 10.5 Å². The number of ether oxygens (including phenoxy) is 1. The molecule has 18 heavy (non-hydrogen) atoms. The maximum Gasteiger partial charge on any atom is 0.0670 e. The van der Waals surface area contributed by atoms with Crippen molar-refractivity contribution in [2.24, 2.45) is 11.7 Å². The number of nitrogens with two attached hydrogens (primary N) is 1. The molecule has 0 saturated heterocycles. The Morgan fingerprint density at radius 3 is 2.72 bits per heavy atom. The van der Waals surface area contributed by atoms with E-state index in [2.05, 4.69) is 25.7 Å². The first-order chi connectivity index (χ1) is 8.57. The zero-order valence-corrected chi connectivity index (χ0v) is 12.7. The molecule has 0 aromatic heterocycles. The highest BCUT2D eigenvalue weighted by Crippen LogP contribution is 2.36. The standard InChI is InChI=1S/C15H32N2O/c1-5-9-17(11-14(3)18-4)15(12-16)8-6-7-13(2)10-15/h13-14H,5-12,16H2,1-4H3. The van der Waals surface area contributed by atoms with Crippen molar-refractivity contribution in [1.82, 2.24) is 4.90 Å². The summed E-state index contributed by atoms with van der Waals surface area (Å²) in [4.78, 5) is 2.61. The largest absolute Gasteiger partial charge is 0.380 e. The highest BCUT2D eigenvalue weighted by atomic mass is 16.5. The highest BCUT2D eigenvalue weighted by Gasteiger charge is 2.39. The van der Waals surface area contributed by atoms with E-state index in [0.29, 0.717) is 0 Å². The second kappa shape index (κ2) is 7.46. The van der Waals surface area contributed by atoms with Crippen LogP contribution in [0.1, 0.15) is 52.9 Å². The smallest absolute Gasteiger partial charge is 0.0670 e. The van der Waals surface area contributed by atoms with Crippen LogP contribution in [0.25, 0.3) is 0 Å². The third-order valence-corrected chi connectivity index (χ3v) is 4.49. The predicted molar refractivity (Wildman–Crippen MR) is 77.8 cm³/mol. The summed E-state index contributed by atoms with van der Waals surface area (Å²) >= 11 is 0. The molecule has 3 unspecified atom stereocenters. The van der Waals surface area contributed by atoms with Gasteiger partial charge in [-0.2, -0.15) is 0 Å². The van der Waals surface area contributed by atoms with Crippen molar-refractivity contribution < 1.29 is 4.74 Å². The van der Waals surface area contributed by atoms with Gasteiger partial charge >= 0.3 is 0 Å². The first kappa shape index (κ1) is 15.9. The van der Waals surface area contributed by atoms with Crippen molar-refractivity contribution in [2.75, 3.05) is 26.7 Å². The number of nitrogens with zero attached hydrogens (tertiary/aromatic N) is 1. The van der Waals surface area contributed by atoms with Crippen molar-refractivity contribution in [3.63, 3.8) is 0 Å². The van der Waals surface area contributed by atoms with Crippen LogP contribution in [0.3, 0.4) is 0 Å². The summed E-state index contributed by atoms with van der Waals surface area (Å²) in [5, 5.41) is 0. The molecule has 0 aliphatic heterocycles. The van der Waals surface area contributed by atoms with Crippen LogP contribution in [0, 0.1) is 5.92 Å². The Labute approximate surface area is 113 Å². The lowest BCUT2D eigenvalue weighted by molar-refractivity contribution is -0.00526. The summed E-state index contributed by atoms with van der Waals surface area (Å²) < 4.78 is 5.45. The Kier molecular flexibility index (Phi) is 6.61. The van der Waals surface area contributed by atoms with Gasteiger partial charge in [0, 0.05) is 25.7 Å². The molecule has 0 heterocycles. The van der Waals surface area contributed by atoms with Crippen LogP contribution in [-0.4, -0.2) is 43.3 Å². The second-order valence-corrected chi connectivity index (χ2v) is 6.12. The number of rotatable bonds is 7. The lowest BCUT2D eigenvalue weighted by atomic mass is 9.75. The van der Waals surface area contributed by atoms with Gasteiger partial charge in [0.05, 0.1) is 6.10 Å². The molecule has 1 rings (SSSR count). The first-order valence-electron chi connectivity index (χ1n) is 7.56. The van der Waals surface area contributed by atoms with Crippen molar-refractivity contribution in [3.05, 3.63) is 0 Å². The quantitative estimate of drug-likeness (QED) is 0.761. The lowest BCUT2D eigenvalue weighted by Gasteiger charge is -2.48. The van der Waals surface area contributed by atoms with Crippen LogP contribution in [0.4, 0.5) is 0 Å². The fraction of sp³-hybridized carbons (Fsp3) is 1.00. The van der Waals surface area contributed by atoms with Crippen LogP contribution in [-0.2, 0) is 4.74 Å². The minimum atomic E-state index is 0.223. The van der Waals surface area contributed by atoms with Crippen LogP contribution in [0.15, 0.2) is 0 Å². The summed E-state index contributed by atoms with van der Waals surface area (Å²) in [5.74, 6) is 0.805. The molecular formula is C15H32N2O. The Morgan fingerprint density at radius 2 is 2.22 bits per heavy atom. The van der Waals surface area contributed by atoms with Gasteiger partial charge in [0.1, 0.15) is 0 Å². The van der Waals surface area contributed by atoms with Crippen molar-refractivity contribution in [3.8, 4) is 0 Å². The molecule has 3 atom stereocenters. The molecule has 0 aromatic rings. The fourth-order valence-electron chi connectivity index (χ4n) is 3.41. The number of methoxy groups -OCH3 is 1. The number of hydrogen-bond donors (Lipinski definition) is 1. The molecule has 3 nitrogen and oxygen atoms in total. The second-order valence-electron chi connectivity index (χ2n) is 6.12. The Hall–Kier alpha value is -0.120. The molecule has 2 N–H and O–H groups in total. The summed E-state index contributed by atoms with van der Waals surface area (Å²) in [6.07, 6.45) is 6.66. The van der Waals surface area contributed by atoms with Crippen molar-refractivity contribution in [2.45, 2.75) is 64.5 Å².